The molecule has 2 nitrogen and oxygen atoms in total. The molecule has 0 bridgehead atoms. The predicted octanol–water partition coefficient (Wildman–Crippen LogP) is 3.59. The smallest absolute Gasteiger partial charge is 0.0366 e. The topological polar surface area (TPSA) is 29.3 Å². The van der Waals surface area contributed by atoms with Crippen molar-refractivity contribution in [3.05, 3.63) is 29.8 Å². The number of benzene rings is 1. The lowest BCUT2D eigenvalue weighted by molar-refractivity contribution is 0.615. The molecular formula is C16H28N2. The molecule has 0 saturated heterocycles. The Hall–Kier alpha value is -1.02. The van der Waals surface area contributed by atoms with Crippen molar-refractivity contribution in [2.45, 2.75) is 58.5 Å². The number of hydrogen-bond acceptors (Lipinski definition) is 2. The fraction of sp³-hybridized carbons (Fsp3) is 0.625. The first-order chi connectivity index (χ1) is 8.58. The summed E-state index contributed by atoms with van der Waals surface area (Å²) in [5, 5.41) is 0. The first-order valence-corrected chi connectivity index (χ1v) is 7.15. The second-order valence-electron chi connectivity index (χ2n) is 5.29. The standard InChI is InChI=1S/C16H28N2/c1-5-7-13(3)18(4)16-10-8-14(9-11-16)12-15(17)6-2/h8-11,13,15H,5-7,12,17H2,1-4H3. The Morgan fingerprint density at radius 1 is 1.17 bits per heavy atom. The normalized spacial score (nSPS) is 14.3. The average Bonchev–Trinajstić information content (AvgIpc) is 2.39. The zero-order valence-electron chi connectivity index (χ0n) is 12.3. The van der Waals surface area contributed by atoms with Gasteiger partial charge in [-0.15, -0.1) is 0 Å². The maximum atomic E-state index is 5.98. The highest BCUT2D eigenvalue weighted by atomic mass is 15.1. The summed E-state index contributed by atoms with van der Waals surface area (Å²) < 4.78 is 0. The second-order valence-corrected chi connectivity index (χ2v) is 5.29. The number of rotatable bonds is 7. The summed E-state index contributed by atoms with van der Waals surface area (Å²) in [5.74, 6) is 0. The first-order valence-electron chi connectivity index (χ1n) is 7.15. The van der Waals surface area contributed by atoms with Crippen molar-refractivity contribution < 1.29 is 0 Å². The minimum atomic E-state index is 0.285. The molecule has 0 saturated carbocycles. The van der Waals surface area contributed by atoms with Crippen molar-refractivity contribution in [3.63, 3.8) is 0 Å². The summed E-state index contributed by atoms with van der Waals surface area (Å²) in [6.45, 7) is 6.66. The van der Waals surface area contributed by atoms with Crippen molar-refractivity contribution in [1.29, 1.82) is 0 Å². The molecule has 0 aliphatic rings. The van der Waals surface area contributed by atoms with Gasteiger partial charge in [0.25, 0.3) is 0 Å². The van der Waals surface area contributed by atoms with Crippen molar-refractivity contribution in [2.75, 3.05) is 11.9 Å². The van der Waals surface area contributed by atoms with Crippen LogP contribution in [0.3, 0.4) is 0 Å². The van der Waals surface area contributed by atoms with Gasteiger partial charge in [0, 0.05) is 24.8 Å². The van der Waals surface area contributed by atoms with Gasteiger partial charge in [0.1, 0.15) is 0 Å². The van der Waals surface area contributed by atoms with Crippen LogP contribution in [0.4, 0.5) is 5.69 Å². The first kappa shape index (κ1) is 15.0. The minimum absolute atomic E-state index is 0.285. The zero-order chi connectivity index (χ0) is 13.5. The molecule has 102 valence electrons. The molecule has 0 aliphatic carbocycles. The van der Waals surface area contributed by atoms with E-state index in [1.165, 1.54) is 24.1 Å². The van der Waals surface area contributed by atoms with Crippen LogP contribution in [0.1, 0.15) is 45.6 Å². The van der Waals surface area contributed by atoms with Crippen LogP contribution in [0.2, 0.25) is 0 Å². The van der Waals surface area contributed by atoms with E-state index in [0.29, 0.717) is 6.04 Å². The van der Waals surface area contributed by atoms with Crippen LogP contribution in [0.25, 0.3) is 0 Å². The highest BCUT2D eigenvalue weighted by molar-refractivity contribution is 5.47. The summed E-state index contributed by atoms with van der Waals surface area (Å²) in [7, 11) is 2.17. The van der Waals surface area contributed by atoms with E-state index >= 15 is 0 Å². The van der Waals surface area contributed by atoms with Gasteiger partial charge >= 0.3 is 0 Å². The van der Waals surface area contributed by atoms with Crippen LogP contribution in [0, 0.1) is 0 Å². The Labute approximate surface area is 112 Å². The molecule has 0 aromatic heterocycles. The molecule has 0 aliphatic heterocycles. The van der Waals surface area contributed by atoms with E-state index in [-0.39, 0.29) is 6.04 Å². The molecule has 1 aromatic carbocycles. The van der Waals surface area contributed by atoms with Crippen molar-refractivity contribution in [2.24, 2.45) is 5.73 Å². The molecule has 1 rings (SSSR count). The lowest BCUT2D eigenvalue weighted by atomic mass is 10.0. The van der Waals surface area contributed by atoms with E-state index in [1.807, 2.05) is 0 Å². The number of nitrogens with zero attached hydrogens (tertiary/aromatic N) is 1. The van der Waals surface area contributed by atoms with Gasteiger partial charge in [-0.1, -0.05) is 32.4 Å². The molecule has 2 N–H and O–H groups in total. The van der Waals surface area contributed by atoms with Crippen LogP contribution in [0.15, 0.2) is 24.3 Å². The Balaban J connectivity index is 2.64. The van der Waals surface area contributed by atoms with E-state index in [2.05, 4.69) is 57.0 Å². The lowest BCUT2D eigenvalue weighted by Gasteiger charge is -2.27. The molecule has 2 heteroatoms. The highest BCUT2D eigenvalue weighted by Gasteiger charge is 2.09. The SMILES string of the molecule is CCCC(C)N(C)c1ccc(CC(N)CC)cc1. The lowest BCUT2D eigenvalue weighted by Crippen LogP contribution is -2.28. The van der Waals surface area contributed by atoms with E-state index in [9.17, 15) is 0 Å². The summed E-state index contributed by atoms with van der Waals surface area (Å²) in [6, 6.07) is 9.72. The van der Waals surface area contributed by atoms with Crippen molar-refractivity contribution >= 4 is 5.69 Å². The molecule has 0 spiro atoms. The molecule has 0 amide bonds. The van der Waals surface area contributed by atoms with E-state index < -0.39 is 0 Å². The summed E-state index contributed by atoms with van der Waals surface area (Å²) in [4.78, 5) is 2.35. The van der Waals surface area contributed by atoms with Crippen LogP contribution >= 0.6 is 0 Å². The van der Waals surface area contributed by atoms with Gasteiger partial charge in [-0.05, 0) is 43.9 Å². The third-order valence-electron chi connectivity index (χ3n) is 3.73. The molecule has 0 radical (unpaired) electrons. The quantitative estimate of drug-likeness (QED) is 0.799. The van der Waals surface area contributed by atoms with Gasteiger partial charge in [-0.2, -0.15) is 0 Å². The maximum absolute atomic E-state index is 5.98. The largest absolute Gasteiger partial charge is 0.372 e. The van der Waals surface area contributed by atoms with Crippen LogP contribution in [0.5, 0.6) is 0 Å². The number of hydrogen-bond donors (Lipinski definition) is 1. The zero-order valence-corrected chi connectivity index (χ0v) is 12.3. The summed E-state index contributed by atoms with van der Waals surface area (Å²) >= 11 is 0. The van der Waals surface area contributed by atoms with Gasteiger partial charge in [-0.25, -0.2) is 0 Å². The monoisotopic (exact) mass is 248 g/mol. The molecule has 0 fully saturated rings. The van der Waals surface area contributed by atoms with E-state index in [0.717, 1.165) is 12.8 Å². The van der Waals surface area contributed by atoms with E-state index in [4.69, 9.17) is 5.73 Å². The van der Waals surface area contributed by atoms with Gasteiger partial charge in [0.2, 0.25) is 0 Å². The summed E-state index contributed by atoms with van der Waals surface area (Å²) in [5.41, 5.74) is 8.61. The number of nitrogens with two attached hydrogens (primary N) is 1. The molecule has 2 atom stereocenters. The van der Waals surface area contributed by atoms with Crippen molar-refractivity contribution in [3.8, 4) is 0 Å². The van der Waals surface area contributed by atoms with E-state index in [1.54, 1.807) is 0 Å². The molecule has 18 heavy (non-hydrogen) atoms. The van der Waals surface area contributed by atoms with Crippen LogP contribution in [-0.2, 0) is 6.42 Å². The average molecular weight is 248 g/mol. The van der Waals surface area contributed by atoms with Gasteiger partial charge in [0.15, 0.2) is 0 Å². The fourth-order valence-electron chi connectivity index (χ4n) is 2.18. The fourth-order valence-corrected chi connectivity index (χ4v) is 2.18. The van der Waals surface area contributed by atoms with Gasteiger partial charge < -0.3 is 10.6 Å². The third-order valence-corrected chi connectivity index (χ3v) is 3.73. The Bertz CT molecular complexity index is 331. The van der Waals surface area contributed by atoms with Crippen LogP contribution in [-0.4, -0.2) is 19.1 Å². The molecule has 1 aromatic rings. The molecule has 2 unspecified atom stereocenters. The predicted molar refractivity (Wildman–Crippen MR) is 81.2 cm³/mol. The number of anilines is 1. The Morgan fingerprint density at radius 3 is 2.28 bits per heavy atom. The Kier molecular flexibility index (Phi) is 6.20. The maximum Gasteiger partial charge on any atom is 0.0366 e. The third kappa shape index (κ3) is 4.34. The van der Waals surface area contributed by atoms with Gasteiger partial charge in [0.05, 0.1) is 0 Å². The second kappa shape index (κ2) is 7.42. The Morgan fingerprint density at radius 2 is 1.78 bits per heavy atom. The molecule has 0 heterocycles. The minimum Gasteiger partial charge on any atom is -0.372 e. The van der Waals surface area contributed by atoms with Crippen LogP contribution < -0.4 is 10.6 Å². The van der Waals surface area contributed by atoms with Crippen molar-refractivity contribution in [1.82, 2.24) is 0 Å². The molecular weight excluding hydrogens is 220 g/mol. The highest BCUT2D eigenvalue weighted by Crippen LogP contribution is 2.18. The van der Waals surface area contributed by atoms with Gasteiger partial charge in [-0.3, -0.25) is 0 Å². The summed E-state index contributed by atoms with van der Waals surface area (Å²) in [6.07, 6.45) is 4.48.